The van der Waals surface area contributed by atoms with Crippen LogP contribution in [0.2, 0.25) is 0 Å². The maximum absolute atomic E-state index is 13.0. The van der Waals surface area contributed by atoms with Gasteiger partial charge in [-0.2, -0.15) is 5.10 Å². The molecule has 2 heterocycles. The van der Waals surface area contributed by atoms with Gasteiger partial charge in [-0.05, 0) is 42.9 Å². The van der Waals surface area contributed by atoms with Crippen molar-refractivity contribution in [2.24, 2.45) is 0 Å². The molecule has 1 fully saturated rings. The van der Waals surface area contributed by atoms with Crippen LogP contribution in [0.15, 0.2) is 42.7 Å². The zero-order valence-corrected chi connectivity index (χ0v) is 12.7. The first kappa shape index (κ1) is 13.6. The molecular weight excluding hydrogens is 274 g/mol. The first-order chi connectivity index (χ1) is 10.8. The van der Waals surface area contributed by atoms with Crippen molar-refractivity contribution in [1.82, 2.24) is 14.7 Å². The second-order valence-electron chi connectivity index (χ2n) is 6.36. The van der Waals surface area contributed by atoms with Gasteiger partial charge in [-0.15, -0.1) is 0 Å². The molecular formula is C18H21N3O. The van der Waals surface area contributed by atoms with E-state index in [4.69, 9.17) is 0 Å². The van der Waals surface area contributed by atoms with Crippen LogP contribution in [0.25, 0.3) is 0 Å². The van der Waals surface area contributed by atoms with Crippen molar-refractivity contribution in [1.29, 1.82) is 0 Å². The number of aryl methyl sites for hydroxylation is 1. The highest BCUT2D eigenvalue weighted by atomic mass is 16.2. The van der Waals surface area contributed by atoms with Crippen LogP contribution in [-0.2, 0) is 11.2 Å². The lowest BCUT2D eigenvalue weighted by Crippen LogP contribution is -2.42. The fourth-order valence-corrected chi connectivity index (χ4v) is 3.90. The molecule has 0 radical (unpaired) electrons. The number of likely N-dealkylation sites (tertiary alicyclic amines) is 1. The molecule has 0 bridgehead atoms. The maximum atomic E-state index is 13.0. The van der Waals surface area contributed by atoms with Crippen molar-refractivity contribution in [3.8, 4) is 0 Å². The lowest BCUT2D eigenvalue weighted by Gasteiger charge is -2.34. The minimum Gasteiger partial charge on any atom is -0.340 e. The molecule has 114 valence electrons. The van der Waals surface area contributed by atoms with E-state index in [1.54, 1.807) is 0 Å². The minimum absolute atomic E-state index is 0.0626. The van der Waals surface area contributed by atoms with E-state index < -0.39 is 0 Å². The van der Waals surface area contributed by atoms with Gasteiger partial charge < -0.3 is 4.90 Å². The van der Waals surface area contributed by atoms with Gasteiger partial charge in [0.15, 0.2) is 0 Å². The highest BCUT2D eigenvalue weighted by Gasteiger charge is 2.34. The number of fused-ring (bicyclic) bond motifs is 1. The zero-order valence-electron chi connectivity index (χ0n) is 12.7. The highest BCUT2D eigenvalue weighted by molar-refractivity contribution is 5.85. The Morgan fingerprint density at radius 3 is 2.95 bits per heavy atom. The second-order valence-corrected chi connectivity index (χ2v) is 6.36. The zero-order chi connectivity index (χ0) is 14.9. The number of piperidine rings is 1. The van der Waals surface area contributed by atoms with Gasteiger partial charge in [0, 0.05) is 25.5 Å². The van der Waals surface area contributed by atoms with Crippen molar-refractivity contribution in [2.45, 2.75) is 37.6 Å². The van der Waals surface area contributed by atoms with E-state index in [-0.39, 0.29) is 5.92 Å². The van der Waals surface area contributed by atoms with Crippen LogP contribution in [-0.4, -0.2) is 33.7 Å². The smallest absolute Gasteiger partial charge is 0.230 e. The average molecular weight is 295 g/mol. The maximum Gasteiger partial charge on any atom is 0.230 e. The summed E-state index contributed by atoms with van der Waals surface area (Å²) in [6.45, 7) is 1.68. The molecule has 1 aliphatic carbocycles. The lowest BCUT2D eigenvalue weighted by atomic mass is 9.97. The average Bonchev–Trinajstić information content (AvgIpc) is 3.24. The molecule has 0 N–H and O–H groups in total. The molecule has 1 aliphatic heterocycles. The number of amides is 1. The molecule has 0 spiro atoms. The molecule has 2 aromatic rings. The Labute approximate surface area is 130 Å². The van der Waals surface area contributed by atoms with Crippen molar-refractivity contribution in [2.75, 3.05) is 13.1 Å². The van der Waals surface area contributed by atoms with Crippen LogP contribution in [0.1, 0.15) is 42.3 Å². The summed E-state index contributed by atoms with van der Waals surface area (Å²) in [6, 6.07) is 10.7. The molecule has 1 saturated heterocycles. The number of rotatable bonds is 2. The number of nitrogens with zero attached hydrogens (tertiary/aromatic N) is 3. The SMILES string of the molecule is O=C(C1CCc2ccccc21)N1CCCC(n2cccn2)C1. The molecule has 4 nitrogen and oxygen atoms in total. The van der Waals surface area contributed by atoms with Crippen LogP contribution >= 0.6 is 0 Å². The summed E-state index contributed by atoms with van der Waals surface area (Å²) in [5.74, 6) is 0.370. The third-order valence-corrected chi connectivity index (χ3v) is 5.04. The predicted molar refractivity (Wildman–Crippen MR) is 84.6 cm³/mol. The summed E-state index contributed by atoms with van der Waals surface area (Å²) < 4.78 is 2.00. The van der Waals surface area contributed by atoms with Gasteiger partial charge in [-0.1, -0.05) is 24.3 Å². The highest BCUT2D eigenvalue weighted by Crippen LogP contribution is 2.35. The Morgan fingerprint density at radius 1 is 1.18 bits per heavy atom. The van der Waals surface area contributed by atoms with Gasteiger partial charge in [0.25, 0.3) is 0 Å². The Bertz CT molecular complexity index is 665. The molecule has 0 saturated carbocycles. The molecule has 2 unspecified atom stereocenters. The van der Waals surface area contributed by atoms with Crippen molar-refractivity contribution in [3.63, 3.8) is 0 Å². The summed E-state index contributed by atoms with van der Waals surface area (Å²) in [7, 11) is 0. The number of benzene rings is 1. The fourth-order valence-electron chi connectivity index (χ4n) is 3.90. The Balaban J connectivity index is 1.51. The molecule has 4 rings (SSSR count). The normalized spacial score (nSPS) is 24.3. The van der Waals surface area contributed by atoms with E-state index in [0.29, 0.717) is 11.9 Å². The van der Waals surface area contributed by atoms with Gasteiger partial charge in [-0.25, -0.2) is 0 Å². The summed E-state index contributed by atoms with van der Waals surface area (Å²) in [5.41, 5.74) is 2.59. The van der Waals surface area contributed by atoms with Gasteiger partial charge in [-0.3, -0.25) is 9.48 Å². The monoisotopic (exact) mass is 295 g/mol. The van der Waals surface area contributed by atoms with Crippen molar-refractivity contribution < 1.29 is 4.79 Å². The summed E-state index contributed by atoms with van der Waals surface area (Å²) in [6.07, 6.45) is 7.97. The topological polar surface area (TPSA) is 38.1 Å². The lowest BCUT2D eigenvalue weighted by molar-refractivity contribution is -0.134. The van der Waals surface area contributed by atoms with E-state index in [0.717, 1.165) is 38.8 Å². The second kappa shape index (κ2) is 5.59. The van der Waals surface area contributed by atoms with Gasteiger partial charge in [0.1, 0.15) is 0 Å². The number of hydrogen-bond acceptors (Lipinski definition) is 2. The summed E-state index contributed by atoms with van der Waals surface area (Å²) in [4.78, 5) is 15.0. The number of carbonyl (C=O) groups excluding carboxylic acids is 1. The molecule has 1 aromatic carbocycles. The quantitative estimate of drug-likeness (QED) is 0.854. The van der Waals surface area contributed by atoms with Crippen LogP contribution in [0.5, 0.6) is 0 Å². The van der Waals surface area contributed by atoms with Crippen LogP contribution < -0.4 is 0 Å². The largest absolute Gasteiger partial charge is 0.340 e. The third kappa shape index (κ3) is 2.32. The van der Waals surface area contributed by atoms with E-state index in [1.165, 1.54) is 11.1 Å². The Morgan fingerprint density at radius 2 is 2.09 bits per heavy atom. The molecule has 1 aromatic heterocycles. The fraction of sp³-hybridized carbons (Fsp3) is 0.444. The molecule has 2 atom stereocenters. The van der Waals surface area contributed by atoms with Crippen molar-refractivity contribution in [3.05, 3.63) is 53.9 Å². The molecule has 2 aliphatic rings. The minimum atomic E-state index is 0.0626. The first-order valence-electron chi connectivity index (χ1n) is 8.18. The molecule has 22 heavy (non-hydrogen) atoms. The van der Waals surface area contributed by atoms with E-state index in [9.17, 15) is 4.79 Å². The number of aromatic nitrogens is 2. The van der Waals surface area contributed by atoms with Crippen LogP contribution in [0, 0.1) is 0 Å². The van der Waals surface area contributed by atoms with Gasteiger partial charge in [0.2, 0.25) is 5.91 Å². The Kier molecular flexibility index (Phi) is 3.45. The Hall–Kier alpha value is -2.10. The number of carbonyl (C=O) groups is 1. The summed E-state index contributed by atoms with van der Waals surface area (Å²) in [5, 5.41) is 4.35. The van der Waals surface area contributed by atoms with E-state index >= 15 is 0 Å². The van der Waals surface area contributed by atoms with Gasteiger partial charge in [0.05, 0.1) is 12.0 Å². The third-order valence-electron chi connectivity index (χ3n) is 5.04. The predicted octanol–water partition coefficient (Wildman–Crippen LogP) is 2.78. The first-order valence-corrected chi connectivity index (χ1v) is 8.18. The van der Waals surface area contributed by atoms with E-state index in [1.807, 2.05) is 29.2 Å². The van der Waals surface area contributed by atoms with Gasteiger partial charge >= 0.3 is 0 Å². The molecule has 4 heteroatoms. The van der Waals surface area contributed by atoms with Crippen LogP contribution in [0.4, 0.5) is 0 Å². The van der Waals surface area contributed by atoms with Crippen molar-refractivity contribution >= 4 is 5.91 Å². The molecule has 1 amide bonds. The standard InChI is InChI=1S/C18H21N3O/c22-18(17-9-8-14-5-1-2-7-16(14)17)20-11-3-6-15(13-20)21-12-4-10-19-21/h1-2,4-5,7,10,12,15,17H,3,6,8-9,11,13H2. The van der Waals surface area contributed by atoms with Crippen LogP contribution in [0.3, 0.4) is 0 Å². The summed E-state index contributed by atoms with van der Waals surface area (Å²) >= 11 is 0. The van der Waals surface area contributed by atoms with E-state index in [2.05, 4.69) is 28.2 Å². The number of hydrogen-bond donors (Lipinski definition) is 0.